The molecular formula is C12H13NO4S3. The number of aryl methyl sites for hydroxylation is 2. The van der Waals surface area contributed by atoms with Crippen LogP contribution in [-0.2, 0) is 19.9 Å². The van der Waals surface area contributed by atoms with Crippen molar-refractivity contribution in [1.82, 2.24) is 0 Å². The molecule has 1 aromatic carbocycles. The van der Waals surface area contributed by atoms with Gasteiger partial charge in [0.15, 0.2) is 0 Å². The molecule has 20 heavy (non-hydrogen) atoms. The smallest absolute Gasteiger partial charge is 0.224 e. The van der Waals surface area contributed by atoms with Crippen LogP contribution >= 0.6 is 11.3 Å². The predicted octanol–water partition coefficient (Wildman–Crippen LogP) is 1.85. The van der Waals surface area contributed by atoms with Crippen LogP contribution in [-0.4, -0.2) is 16.8 Å². The molecule has 0 atom stereocenters. The normalized spacial score (nSPS) is 12.6. The minimum Gasteiger partial charge on any atom is -0.224 e. The topological polar surface area (TPSA) is 94.3 Å². The summed E-state index contributed by atoms with van der Waals surface area (Å²) < 4.78 is 47.3. The van der Waals surface area contributed by atoms with Gasteiger partial charge in [-0.25, -0.2) is 22.0 Å². The average molecular weight is 331 g/mol. The molecule has 0 saturated heterocycles. The summed E-state index contributed by atoms with van der Waals surface area (Å²) in [5, 5.41) is 4.99. The number of thiophene rings is 1. The fraction of sp³-hybridized carbons (Fsp3) is 0.167. The molecule has 0 fully saturated rings. The van der Waals surface area contributed by atoms with Crippen molar-refractivity contribution in [2.75, 3.05) is 0 Å². The Morgan fingerprint density at radius 3 is 2.10 bits per heavy atom. The Hall–Kier alpha value is -1.22. The van der Waals surface area contributed by atoms with Gasteiger partial charge in [-0.2, -0.15) is 0 Å². The molecule has 0 amide bonds. The van der Waals surface area contributed by atoms with Crippen LogP contribution in [0.25, 0.3) is 0 Å². The molecule has 0 bridgehead atoms. The molecule has 108 valence electrons. The third kappa shape index (κ3) is 2.78. The van der Waals surface area contributed by atoms with E-state index in [1.54, 1.807) is 26.0 Å². The Morgan fingerprint density at radius 2 is 1.55 bits per heavy atom. The van der Waals surface area contributed by atoms with Gasteiger partial charge >= 0.3 is 0 Å². The van der Waals surface area contributed by atoms with Crippen molar-refractivity contribution in [2.45, 2.75) is 27.2 Å². The van der Waals surface area contributed by atoms with Crippen LogP contribution in [0.15, 0.2) is 43.6 Å². The second-order valence-electron chi connectivity index (χ2n) is 4.39. The van der Waals surface area contributed by atoms with Gasteiger partial charge in [-0.05, 0) is 43.2 Å². The Kier molecular flexibility index (Phi) is 3.76. The minimum atomic E-state index is -3.89. The van der Waals surface area contributed by atoms with Gasteiger partial charge < -0.3 is 0 Å². The highest BCUT2D eigenvalue weighted by Crippen LogP contribution is 2.31. The molecule has 0 spiro atoms. The largest absolute Gasteiger partial charge is 0.247 e. The number of primary sulfonamides is 1. The summed E-state index contributed by atoms with van der Waals surface area (Å²) in [6.45, 7) is 3.49. The monoisotopic (exact) mass is 331 g/mol. The van der Waals surface area contributed by atoms with E-state index in [4.69, 9.17) is 5.14 Å². The SMILES string of the molecule is Cc1ccc(C)c(S(=O)(=O)c2ccc(S(N)(=O)=O)s2)c1. The Balaban J connectivity index is 2.62. The Labute approximate surface area is 122 Å². The highest BCUT2D eigenvalue weighted by Gasteiger charge is 2.24. The summed E-state index contributed by atoms with van der Waals surface area (Å²) >= 11 is 0.655. The number of hydrogen-bond donors (Lipinski definition) is 1. The molecule has 1 aromatic heterocycles. The molecule has 0 radical (unpaired) electrons. The van der Waals surface area contributed by atoms with Crippen LogP contribution in [0.2, 0.25) is 0 Å². The summed E-state index contributed by atoms with van der Waals surface area (Å²) in [5.41, 5.74) is 1.43. The fourth-order valence-corrected chi connectivity index (χ4v) is 5.60. The van der Waals surface area contributed by atoms with Crippen molar-refractivity contribution in [2.24, 2.45) is 5.14 Å². The lowest BCUT2D eigenvalue weighted by Crippen LogP contribution is -2.10. The molecule has 0 aliphatic rings. The van der Waals surface area contributed by atoms with Crippen molar-refractivity contribution in [3.63, 3.8) is 0 Å². The quantitative estimate of drug-likeness (QED) is 0.928. The molecular weight excluding hydrogens is 318 g/mol. The van der Waals surface area contributed by atoms with E-state index < -0.39 is 19.9 Å². The zero-order valence-electron chi connectivity index (χ0n) is 10.8. The first kappa shape index (κ1) is 15.2. The average Bonchev–Trinajstić information content (AvgIpc) is 2.82. The molecule has 2 N–H and O–H groups in total. The molecule has 2 rings (SSSR count). The summed E-state index contributed by atoms with van der Waals surface area (Å²) in [6.07, 6.45) is 0. The van der Waals surface area contributed by atoms with Gasteiger partial charge in [-0.1, -0.05) is 12.1 Å². The van der Waals surface area contributed by atoms with Gasteiger partial charge in [0.05, 0.1) is 4.90 Å². The highest BCUT2D eigenvalue weighted by atomic mass is 32.3. The van der Waals surface area contributed by atoms with E-state index in [9.17, 15) is 16.8 Å². The van der Waals surface area contributed by atoms with E-state index in [-0.39, 0.29) is 13.3 Å². The molecule has 0 saturated carbocycles. The molecule has 1 heterocycles. The lowest BCUT2D eigenvalue weighted by atomic mass is 10.2. The van der Waals surface area contributed by atoms with Crippen LogP contribution in [0.1, 0.15) is 11.1 Å². The Bertz CT molecular complexity index is 864. The first-order chi connectivity index (χ1) is 9.12. The van der Waals surface area contributed by atoms with Crippen LogP contribution < -0.4 is 5.14 Å². The number of hydrogen-bond acceptors (Lipinski definition) is 5. The first-order valence-electron chi connectivity index (χ1n) is 5.57. The molecule has 0 unspecified atom stereocenters. The van der Waals surface area contributed by atoms with E-state index in [1.165, 1.54) is 12.1 Å². The summed E-state index contributed by atoms with van der Waals surface area (Å²) in [7, 11) is -7.62. The first-order valence-corrected chi connectivity index (χ1v) is 9.42. The maximum absolute atomic E-state index is 12.5. The third-order valence-corrected chi connectivity index (χ3v) is 7.65. The zero-order chi connectivity index (χ0) is 15.1. The number of rotatable bonds is 3. The lowest BCUT2D eigenvalue weighted by molar-refractivity contribution is 0.596. The number of benzene rings is 1. The van der Waals surface area contributed by atoms with Gasteiger partial charge in [-0.3, -0.25) is 0 Å². The summed E-state index contributed by atoms with van der Waals surface area (Å²) in [6, 6.07) is 7.58. The Morgan fingerprint density at radius 1 is 0.950 bits per heavy atom. The fourth-order valence-electron chi connectivity index (χ4n) is 1.71. The zero-order valence-corrected chi connectivity index (χ0v) is 13.3. The minimum absolute atomic E-state index is 0.0322. The highest BCUT2D eigenvalue weighted by molar-refractivity contribution is 7.95. The van der Waals surface area contributed by atoms with Gasteiger partial charge in [0.25, 0.3) is 0 Å². The standard InChI is InChI=1S/C12H13NO4S3/c1-8-3-4-9(2)10(7-8)19(14,15)11-5-6-12(18-11)20(13,16)17/h3-7H,1-2H3,(H2,13,16,17). The molecule has 0 aliphatic carbocycles. The van der Waals surface area contributed by atoms with E-state index >= 15 is 0 Å². The number of nitrogens with two attached hydrogens (primary N) is 1. The second kappa shape index (κ2) is 4.96. The maximum Gasteiger partial charge on any atom is 0.247 e. The predicted molar refractivity (Wildman–Crippen MR) is 77.1 cm³/mol. The van der Waals surface area contributed by atoms with Crippen LogP contribution in [0, 0.1) is 13.8 Å². The lowest BCUT2D eigenvalue weighted by Gasteiger charge is -2.06. The van der Waals surface area contributed by atoms with E-state index in [2.05, 4.69) is 0 Å². The van der Waals surface area contributed by atoms with E-state index in [0.717, 1.165) is 5.56 Å². The van der Waals surface area contributed by atoms with Crippen molar-refractivity contribution >= 4 is 31.2 Å². The number of sulfonamides is 1. The van der Waals surface area contributed by atoms with Crippen molar-refractivity contribution in [3.05, 3.63) is 41.5 Å². The maximum atomic E-state index is 12.5. The van der Waals surface area contributed by atoms with Gasteiger partial charge in [0, 0.05) is 0 Å². The van der Waals surface area contributed by atoms with Gasteiger partial charge in [0.1, 0.15) is 8.42 Å². The molecule has 5 nitrogen and oxygen atoms in total. The van der Waals surface area contributed by atoms with Crippen LogP contribution in [0.4, 0.5) is 0 Å². The van der Waals surface area contributed by atoms with E-state index in [1.807, 2.05) is 6.07 Å². The molecule has 2 aromatic rings. The third-order valence-electron chi connectivity index (χ3n) is 2.74. The molecule has 8 heteroatoms. The van der Waals surface area contributed by atoms with Crippen molar-refractivity contribution in [3.8, 4) is 0 Å². The molecule has 0 aliphatic heterocycles. The summed E-state index contributed by atoms with van der Waals surface area (Å²) in [5.74, 6) is 0. The second-order valence-corrected chi connectivity index (χ2v) is 9.41. The summed E-state index contributed by atoms with van der Waals surface area (Å²) in [4.78, 5) is 0.181. The van der Waals surface area contributed by atoms with E-state index in [0.29, 0.717) is 16.9 Å². The van der Waals surface area contributed by atoms with Crippen molar-refractivity contribution < 1.29 is 16.8 Å². The van der Waals surface area contributed by atoms with Crippen LogP contribution in [0.5, 0.6) is 0 Å². The van der Waals surface area contributed by atoms with Crippen molar-refractivity contribution in [1.29, 1.82) is 0 Å². The number of sulfone groups is 1. The van der Waals surface area contributed by atoms with Crippen LogP contribution in [0.3, 0.4) is 0 Å². The van der Waals surface area contributed by atoms with Gasteiger partial charge in [-0.15, -0.1) is 11.3 Å². The van der Waals surface area contributed by atoms with Gasteiger partial charge in [0.2, 0.25) is 19.9 Å².